The highest BCUT2D eigenvalue weighted by Gasteiger charge is 2.36. The number of anilines is 1. The van der Waals surface area contributed by atoms with E-state index in [9.17, 15) is 28.7 Å². The van der Waals surface area contributed by atoms with E-state index in [2.05, 4.69) is 5.32 Å². The number of nitrogens with zero attached hydrogens (tertiary/aromatic N) is 1. The molecule has 0 saturated carbocycles. The topological polar surface area (TPSA) is 117 Å². The number of carbonyl (C=O) groups excluding carboxylic acids is 3. The summed E-state index contributed by atoms with van der Waals surface area (Å²) in [6, 6.07) is 13.3. The number of hydrogen-bond acceptors (Lipinski definition) is 6. The molecule has 0 spiro atoms. The Morgan fingerprint density at radius 2 is 1.91 bits per heavy atom. The highest BCUT2D eigenvalue weighted by atomic mass is 32.2. The molecule has 8 nitrogen and oxygen atoms in total. The average Bonchev–Trinajstić information content (AvgIpc) is 3.34. The Bertz CT molecular complexity index is 1360. The Kier molecular flexibility index (Phi) is 6.33. The number of halogens is 1. The minimum atomic E-state index is -1.05. The molecule has 1 aliphatic heterocycles. The lowest BCUT2D eigenvalue weighted by Crippen LogP contribution is -2.36. The van der Waals surface area contributed by atoms with Gasteiger partial charge in [-0.2, -0.15) is 0 Å². The molecule has 1 aliphatic rings. The van der Waals surface area contributed by atoms with Gasteiger partial charge in [-0.1, -0.05) is 18.2 Å². The van der Waals surface area contributed by atoms with E-state index in [-0.39, 0.29) is 21.9 Å². The Labute approximate surface area is 197 Å². The maximum Gasteiger partial charge on any atom is 0.335 e. The van der Waals surface area contributed by atoms with Gasteiger partial charge >= 0.3 is 5.97 Å². The molecule has 2 N–H and O–H groups in total. The average molecular weight is 480 g/mol. The molecule has 34 heavy (non-hydrogen) atoms. The molecule has 0 radical (unpaired) electrons. The summed E-state index contributed by atoms with van der Waals surface area (Å²) in [7, 11) is 0. The highest BCUT2D eigenvalue weighted by Crippen LogP contribution is 2.34. The highest BCUT2D eigenvalue weighted by molar-refractivity contribution is 8.18. The summed E-state index contributed by atoms with van der Waals surface area (Å²) in [6.45, 7) is 1.14. The summed E-state index contributed by atoms with van der Waals surface area (Å²) in [5.41, 5.74) is 1.47. The number of carboxylic acids is 1. The fourth-order valence-electron chi connectivity index (χ4n) is 3.39. The number of nitrogens with one attached hydrogen (secondary N) is 1. The second-order valence-electron chi connectivity index (χ2n) is 7.31. The van der Waals surface area contributed by atoms with Crippen LogP contribution in [0.3, 0.4) is 0 Å². The van der Waals surface area contributed by atoms with Gasteiger partial charge in [0, 0.05) is 17.3 Å². The van der Waals surface area contributed by atoms with Gasteiger partial charge in [-0.25, -0.2) is 9.18 Å². The van der Waals surface area contributed by atoms with Gasteiger partial charge in [-0.05, 0) is 60.6 Å². The standard InChI is InChI=1S/C24H17FN2O6S/c1-13-17(6-3-7-18(13)23(30)31)19-9-8-16(33-19)11-20-22(29)27(24(32)34-20)12-21(28)26-15-5-2-4-14(25)10-15/h2-11H,12H2,1H3,(H,26,28)(H,30,31)/b20-11+. The van der Waals surface area contributed by atoms with Gasteiger partial charge in [0.15, 0.2) is 0 Å². The third-order valence-corrected chi connectivity index (χ3v) is 5.92. The van der Waals surface area contributed by atoms with E-state index >= 15 is 0 Å². The first-order valence-electron chi connectivity index (χ1n) is 9.97. The molecule has 10 heteroatoms. The van der Waals surface area contributed by atoms with Crippen molar-refractivity contribution in [2.45, 2.75) is 6.92 Å². The SMILES string of the molecule is Cc1c(C(=O)O)cccc1-c1ccc(/C=C2/SC(=O)N(CC(=O)Nc3cccc(F)c3)C2=O)o1. The molecule has 0 atom stereocenters. The van der Waals surface area contributed by atoms with Crippen LogP contribution in [0.15, 0.2) is 63.9 Å². The molecule has 4 rings (SSSR count). The number of carbonyl (C=O) groups is 4. The van der Waals surface area contributed by atoms with Crippen molar-refractivity contribution in [2.75, 3.05) is 11.9 Å². The molecule has 0 unspecified atom stereocenters. The number of furan rings is 1. The minimum Gasteiger partial charge on any atom is -0.478 e. The third-order valence-electron chi connectivity index (χ3n) is 5.01. The van der Waals surface area contributed by atoms with Gasteiger partial charge in [-0.3, -0.25) is 19.3 Å². The van der Waals surface area contributed by atoms with Crippen molar-refractivity contribution in [1.82, 2.24) is 4.90 Å². The van der Waals surface area contributed by atoms with Crippen LogP contribution < -0.4 is 5.32 Å². The minimum absolute atomic E-state index is 0.0699. The fraction of sp³-hybridized carbons (Fsp3) is 0.0833. The van der Waals surface area contributed by atoms with E-state index < -0.39 is 35.4 Å². The second kappa shape index (κ2) is 9.36. The van der Waals surface area contributed by atoms with Gasteiger partial charge in [0.1, 0.15) is 23.9 Å². The van der Waals surface area contributed by atoms with Crippen LogP contribution >= 0.6 is 11.8 Å². The molecule has 1 aromatic heterocycles. The van der Waals surface area contributed by atoms with Crippen molar-refractivity contribution in [3.05, 3.63) is 82.2 Å². The molecule has 2 aromatic carbocycles. The van der Waals surface area contributed by atoms with Gasteiger partial charge in [-0.15, -0.1) is 0 Å². The number of carboxylic acid groups (broad SMARTS) is 1. The van der Waals surface area contributed by atoms with E-state index in [0.29, 0.717) is 28.6 Å². The number of hydrogen-bond donors (Lipinski definition) is 2. The van der Waals surface area contributed by atoms with Crippen molar-refractivity contribution >= 4 is 46.5 Å². The van der Waals surface area contributed by atoms with Crippen molar-refractivity contribution in [1.29, 1.82) is 0 Å². The van der Waals surface area contributed by atoms with Crippen LogP contribution in [0, 0.1) is 12.7 Å². The molecule has 2 heterocycles. The number of amides is 3. The lowest BCUT2D eigenvalue weighted by molar-refractivity contribution is -0.127. The molecule has 172 valence electrons. The summed E-state index contributed by atoms with van der Waals surface area (Å²) < 4.78 is 19.0. The lowest BCUT2D eigenvalue weighted by Gasteiger charge is -2.12. The van der Waals surface area contributed by atoms with Crippen LogP contribution in [-0.4, -0.2) is 39.6 Å². The predicted molar refractivity (Wildman–Crippen MR) is 124 cm³/mol. The first kappa shape index (κ1) is 23.0. The maximum atomic E-state index is 13.3. The molecule has 0 aliphatic carbocycles. The number of imide groups is 1. The summed E-state index contributed by atoms with van der Waals surface area (Å²) in [6.07, 6.45) is 1.38. The van der Waals surface area contributed by atoms with Crippen molar-refractivity contribution in [3.63, 3.8) is 0 Å². The second-order valence-corrected chi connectivity index (χ2v) is 8.30. The quantitative estimate of drug-likeness (QED) is 0.488. The fourth-order valence-corrected chi connectivity index (χ4v) is 4.20. The zero-order valence-corrected chi connectivity index (χ0v) is 18.5. The third kappa shape index (κ3) is 4.76. The number of aromatic carboxylic acids is 1. The smallest absolute Gasteiger partial charge is 0.335 e. The normalized spacial score (nSPS) is 14.6. The Balaban J connectivity index is 1.49. The molecular formula is C24H17FN2O6S. The van der Waals surface area contributed by atoms with Gasteiger partial charge in [0.25, 0.3) is 11.1 Å². The van der Waals surface area contributed by atoms with Crippen LogP contribution in [0.1, 0.15) is 21.7 Å². The largest absolute Gasteiger partial charge is 0.478 e. The number of rotatable bonds is 6. The van der Waals surface area contributed by atoms with E-state index in [1.807, 2.05) is 0 Å². The van der Waals surface area contributed by atoms with E-state index in [0.717, 1.165) is 11.0 Å². The summed E-state index contributed by atoms with van der Waals surface area (Å²) in [5, 5.41) is 11.1. The molecule has 3 amide bonds. The van der Waals surface area contributed by atoms with Crippen LogP contribution in [0.2, 0.25) is 0 Å². The zero-order chi connectivity index (χ0) is 24.4. The zero-order valence-electron chi connectivity index (χ0n) is 17.7. The van der Waals surface area contributed by atoms with Gasteiger partial charge in [0.05, 0.1) is 10.5 Å². The number of thioether (sulfide) groups is 1. The first-order chi connectivity index (χ1) is 16.2. The molecule has 0 bridgehead atoms. The van der Waals surface area contributed by atoms with E-state index in [1.54, 1.807) is 31.2 Å². The lowest BCUT2D eigenvalue weighted by atomic mass is 10.0. The van der Waals surface area contributed by atoms with Crippen molar-refractivity contribution in [3.8, 4) is 11.3 Å². The summed E-state index contributed by atoms with van der Waals surface area (Å²) >= 11 is 0.663. The van der Waals surface area contributed by atoms with Crippen LogP contribution in [0.5, 0.6) is 0 Å². The van der Waals surface area contributed by atoms with Crippen molar-refractivity contribution < 1.29 is 33.1 Å². The summed E-state index contributed by atoms with van der Waals surface area (Å²) in [4.78, 5) is 49.4. The van der Waals surface area contributed by atoms with E-state index in [4.69, 9.17) is 4.42 Å². The molecule has 1 saturated heterocycles. The molecule has 1 fully saturated rings. The van der Waals surface area contributed by atoms with Crippen LogP contribution in [0.25, 0.3) is 17.4 Å². The molecular weight excluding hydrogens is 463 g/mol. The number of benzene rings is 2. The van der Waals surface area contributed by atoms with E-state index in [1.165, 1.54) is 30.3 Å². The predicted octanol–water partition coefficient (Wildman–Crippen LogP) is 4.77. The Morgan fingerprint density at radius 3 is 2.65 bits per heavy atom. The first-order valence-corrected chi connectivity index (χ1v) is 10.8. The Morgan fingerprint density at radius 1 is 1.15 bits per heavy atom. The summed E-state index contributed by atoms with van der Waals surface area (Å²) in [5.74, 6) is -2.21. The monoisotopic (exact) mass is 480 g/mol. The Hall–Kier alpha value is -4.18. The van der Waals surface area contributed by atoms with Gasteiger partial charge < -0.3 is 14.8 Å². The van der Waals surface area contributed by atoms with Crippen LogP contribution in [0.4, 0.5) is 14.9 Å². The molecule has 3 aromatic rings. The maximum absolute atomic E-state index is 13.3. The van der Waals surface area contributed by atoms with Gasteiger partial charge in [0.2, 0.25) is 5.91 Å². The van der Waals surface area contributed by atoms with Crippen molar-refractivity contribution in [2.24, 2.45) is 0 Å². The van der Waals surface area contributed by atoms with Crippen LogP contribution in [-0.2, 0) is 9.59 Å².